The second-order valence-electron chi connectivity index (χ2n) is 6.64. The maximum absolute atomic E-state index is 12.1. The topological polar surface area (TPSA) is 111 Å². The Bertz CT molecular complexity index is 984. The van der Waals surface area contributed by atoms with E-state index >= 15 is 0 Å². The molecular weight excluding hydrogens is 378 g/mol. The van der Waals surface area contributed by atoms with E-state index in [1.165, 1.54) is 27.0 Å². The molecule has 0 aliphatic carbocycles. The van der Waals surface area contributed by atoms with Crippen LogP contribution in [0.2, 0.25) is 0 Å². The van der Waals surface area contributed by atoms with E-state index in [-0.39, 0.29) is 11.1 Å². The molecule has 0 aromatic heterocycles. The van der Waals surface area contributed by atoms with Crippen LogP contribution in [0, 0.1) is 0 Å². The third kappa shape index (κ3) is 4.21. The van der Waals surface area contributed by atoms with Crippen LogP contribution in [-0.2, 0) is 19.1 Å². The van der Waals surface area contributed by atoms with Crippen molar-refractivity contribution < 1.29 is 33.7 Å². The number of anilines is 1. The zero-order valence-corrected chi connectivity index (χ0v) is 16.0. The molecule has 0 unspecified atom stereocenters. The zero-order valence-electron chi connectivity index (χ0n) is 16.0. The van der Waals surface area contributed by atoms with E-state index in [0.29, 0.717) is 22.6 Å². The van der Waals surface area contributed by atoms with E-state index < -0.39 is 23.7 Å². The molecule has 2 N–H and O–H groups in total. The van der Waals surface area contributed by atoms with Gasteiger partial charge >= 0.3 is 17.9 Å². The van der Waals surface area contributed by atoms with E-state index in [9.17, 15) is 19.5 Å². The number of hydrogen-bond donors (Lipinski definition) is 2. The Morgan fingerprint density at radius 3 is 2.24 bits per heavy atom. The van der Waals surface area contributed by atoms with Crippen molar-refractivity contribution in [3.63, 3.8) is 0 Å². The first-order valence-corrected chi connectivity index (χ1v) is 8.66. The molecule has 1 fully saturated rings. The van der Waals surface area contributed by atoms with Gasteiger partial charge in [0.2, 0.25) is 0 Å². The number of carboxylic acid groups (broad SMARTS) is 1. The molecule has 1 aliphatic rings. The maximum Gasteiger partial charge on any atom is 0.350 e. The van der Waals surface area contributed by atoms with E-state index in [0.717, 1.165) is 6.20 Å². The van der Waals surface area contributed by atoms with Gasteiger partial charge in [-0.15, -0.1) is 0 Å². The quantitative estimate of drug-likeness (QED) is 0.450. The Balaban J connectivity index is 2.01. The molecule has 3 rings (SSSR count). The van der Waals surface area contributed by atoms with Crippen LogP contribution in [0.4, 0.5) is 5.69 Å². The number of carbonyl (C=O) groups is 3. The van der Waals surface area contributed by atoms with Gasteiger partial charge in [-0.3, -0.25) is 0 Å². The van der Waals surface area contributed by atoms with Crippen molar-refractivity contribution in [2.45, 2.75) is 19.6 Å². The summed E-state index contributed by atoms with van der Waals surface area (Å²) < 4.78 is 15.2. The van der Waals surface area contributed by atoms with E-state index in [2.05, 4.69) is 5.32 Å². The summed E-state index contributed by atoms with van der Waals surface area (Å²) in [6.45, 7) is 2.90. The van der Waals surface area contributed by atoms with Gasteiger partial charge in [-0.1, -0.05) is 18.2 Å². The van der Waals surface area contributed by atoms with Crippen LogP contribution in [-0.4, -0.2) is 35.9 Å². The van der Waals surface area contributed by atoms with Gasteiger partial charge in [0, 0.05) is 31.3 Å². The summed E-state index contributed by atoms with van der Waals surface area (Å²) in [6, 6.07) is 11.5. The summed E-state index contributed by atoms with van der Waals surface area (Å²) >= 11 is 0. The predicted octanol–water partition coefficient (Wildman–Crippen LogP) is 3.19. The van der Waals surface area contributed by atoms with Crippen molar-refractivity contribution in [3.05, 3.63) is 59.8 Å². The average molecular weight is 397 g/mol. The van der Waals surface area contributed by atoms with Crippen molar-refractivity contribution in [1.82, 2.24) is 0 Å². The molecule has 1 saturated heterocycles. The molecule has 0 saturated carbocycles. The van der Waals surface area contributed by atoms with Crippen molar-refractivity contribution in [1.29, 1.82) is 0 Å². The molecule has 29 heavy (non-hydrogen) atoms. The van der Waals surface area contributed by atoms with Crippen LogP contribution in [0.25, 0.3) is 11.1 Å². The summed E-state index contributed by atoms with van der Waals surface area (Å²) in [5, 5.41) is 12.4. The fourth-order valence-electron chi connectivity index (χ4n) is 2.85. The van der Waals surface area contributed by atoms with Gasteiger partial charge in [0.05, 0.1) is 12.7 Å². The molecule has 1 heterocycles. The van der Waals surface area contributed by atoms with Crippen LogP contribution in [0.5, 0.6) is 5.75 Å². The van der Waals surface area contributed by atoms with Gasteiger partial charge in [-0.25, -0.2) is 14.4 Å². The number of ether oxygens (including phenoxy) is 3. The minimum atomic E-state index is -1.34. The van der Waals surface area contributed by atoms with Crippen molar-refractivity contribution >= 4 is 23.6 Å². The molecule has 1 aliphatic heterocycles. The predicted molar refractivity (Wildman–Crippen MR) is 103 cm³/mol. The van der Waals surface area contributed by atoms with E-state index in [1.807, 2.05) is 0 Å². The highest BCUT2D eigenvalue weighted by Crippen LogP contribution is 2.33. The second-order valence-corrected chi connectivity index (χ2v) is 6.64. The lowest BCUT2D eigenvalue weighted by Crippen LogP contribution is -2.42. The summed E-state index contributed by atoms with van der Waals surface area (Å²) in [6.07, 6.45) is 1.15. The van der Waals surface area contributed by atoms with Gasteiger partial charge in [-0.2, -0.15) is 0 Å². The molecule has 8 heteroatoms. The number of aromatic carboxylic acids is 1. The lowest BCUT2D eigenvalue weighted by atomic mass is 9.97. The first-order chi connectivity index (χ1) is 13.7. The molecule has 0 atom stereocenters. The van der Waals surface area contributed by atoms with Crippen molar-refractivity contribution in [2.75, 3.05) is 12.4 Å². The molecule has 0 spiro atoms. The lowest BCUT2D eigenvalue weighted by molar-refractivity contribution is -0.222. The molecule has 0 bridgehead atoms. The smallest absolute Gasteiger partial charge is 0.350 e. The van der Waals surface area contributed by atoms with Crippen molar-refractivity contribution in [2.24, 2.45) is 0 Å². The van der Waals surface area contributed by atoms with Crippen LogP contribution < -0.4 is 10.1 Å². The number of methoxy groups -OCH3 is 1. The molecular formula is C21H19NO7. The standard InChI is InChI=1S/C21H19NO7/c1-21(2)28-19(25)15(20(26)29-21)11-22-16-6-4-5-14(18(23)24)17(16)12-7-9-13(27-3)10-8-12/h4-11,22H,1-3H3,(H,23,24). The largest absolute Gasteiger partial charge is 0.497 e. The Labute approximate surface area is 166 Å². The SMILES string of the molecule is COc1ccc(-c2c(NC=C3C(=O)OC(C)(C)OC3=O)cccc2C(=O)O)cc1. The number of carboxylic acids is 1. The third-order valence-corrected chi connectivity index (χ3v) is 4.16. The highest BCUT2D eigenvalue weighted by Gasteiger charge is 2.39. The number of cyclic esters (lactones) is 2. The Hall–Kier alpha value is -3.81. The lowest BCUT2D eigenvalue weighted by Gasteiger charge is -2.29. The normalized spacial score (nSPS) is 15.2. The highest BCUT2D eigenvalue weighted by atomic mass is 16.7. The number of nitrogens with one attached hydrogen (secondary N) is 1. The average Bonchev–Trinajstić information content (AvgIpc) is 2.66. The Kier molecular flexibility index (Phi) is 5.27. The van der Waals surface area contributed by atoms with E-state index in [4.69, 9.17) is 14.2 Å². The molecule has 150 valence electrons. The van der Waals surface area contributed by atoms with Crippen LogP contribution in [0.1, 0.15) is 24.2 Å². The third-order valence-electron chi connectivity index (χ3n) is 4.16. The van der Waals surface area contributed by atoms with Gasteiger partial charge in [0.1, 0.15) is 5.75 Å². The highest BCUT2D eigenvalue weighted by molar-refractivity contribution is 6.15. The second kappa shape index (κ2) is 7.67. The monoisotopic (exact) mass is 397 g/mol. The minimum absolute atomic E-state index is 0.0495. The zero-order chi connectivity index (χ0) is 21.2. The van der Waals surface area contributed by atoms with Crippen molar-refractivity contribution in [3.8, 4) is 16.9 Å². The number of benzene rings is 2. The van der Waals surface area contributed by atoms with Crippen LogP contribution in [0.15, 0.2) is 54.2 Å². The van der Waals surface area contributed by atoms with E-state index in [1.54, 1.807) is 36.4 Å². The first-order valence-electron chi connectivity index (χ1n) is 8.66. The first kappa shape index (κ1) is 19.9. The summed E-state index contributed by atoms with van der Waals surface area (Å²) in [4.78, 5) is 35.9. The summed E-state index contributed by atoms with van der Waals surface area (Å²) in [5.41, 5.74) is 1.10. The van der Waals surface area contributed by atoms with Gasteiger partial charge < -0.3 is 24.6 Å². The van der Waals surface area contributed by atoms with Gasteiger partial charge in [0.25, 0.3) is 5.79 Å². The fraction of sp³-hybridized carbons (Fsp3) is 0.190. The Morgan fingerprint density at radius 1 is 1.07 bits per heavy atom. The van der Waals surface area contributed by atoms with Crippen LogP contribution in [0.3, 0.4) is 0 Å². The fourth-order valence-corrected chi connectivity index (χ4v) is 2.85. The minimum Gasteiger partial charge on any atom is -0.497 e. The number of esters is 2. The number of rotatable bonds is 5. The molecule has 2 aromatic carbocycles. The van der Waals surface area contributed by atoms with Gasteiger partial charge in [-0.05, 0) is 29.8 Å². The number of carbonyl (C=O) groups excluding carboxylic acids is 2. The Morgan fingerprint density at radius 2 is 1.69 bits per heavy atom. The molecule has 0 amide bonds. The number of hydrogen-bond acceptors (Lipinski definition) is 7. The molecule has 2 aromatic rings. The van der Waals surface area contributed by atoms with Gasteiger partial charge in [0.15, 0.2) is 5.57 Å². The molecule has 8 nitrogen and oxygen atoms in total. The summed E-state index contributed by atoms with van der Waals surface area (Å²) in [5.74, 6) is -3.51. The molecule has 0 radical (unpaired) electrons. The maximum atomic E-state index is 12.1. The summed E-state index contributed by atoms with van der Waals surface area (Å²) in [7, 11) is 1.53. The van der Waals surface area contributed by atoms with Crippen LogP contribution >= 0.6 is 0 Å².